The lowest BCUT2D eigenvalue weighted by Gasteiger charge is -2.24. The van der Waals surface area contributed by atoms with Crippen LogP contribution in [-0.4, -0.2) is 38.6 Å². The molecule has 0 aliphatic rings. The molecule has 0 spiro atoms. The number of fused-ring (bicyclic) bond motifs is 1. The van der Waals surface area contributed by atoms with E-state index in [4.69, 9.17) is 9.47 Å². The van der Waals surface area contributed by atoms with Gasteiger partial charge in [-0.2, -0.15) is 0 Å². The van der Waals surface area contributed by atoms with Crippen molar-refractivity contribution in [2.24, 2.45) is 0 Å². The average Bonchev–Trinajstić information content (AvgIpc) is 3.52. The fourth-order valence-corrected chi connectivity index (χ4v) is 4.87. The Bertz CT molecular complexity index is 1580. The van der Waals surface area contributed by atoms with Gasteiger partial charge in [0.1, 0.15) is 17.2 Å². The van der Waals surface area contributed by atoms with E-state index < -0.39 is 17.7 Å². The molecule has 3 aromatic carbocycles. The lowest BCUT2D eigenvalue weighted by atomic mass is 10.0. The Morgan fingerprint density at radius 1 is 0.950 bits per heavy atom. The molecule has 1 amide bonds. The van der Waals surface area contributed by atoms with Gasteiger partial charge in [-0.15, -0.1) is 10.2 Å². The van der Waals surface area contributed by atoms with E-state index in [2.05, 4.69) is 43.3 Å². The zero-order valence-corrected chi connectivity index (χ0v) is 23.3. The molecule has 0 saturated heterocycles. The predicted octanol–water partition coefficient (Wildman–Crippen LogP) is 6.22. The quantitative estimate of drug-likeness (QED) is 0.233. The van der Waals surface area contributed by atoms with Crippen molar-refractivity contribution in [1.29, 1.82) is 0 Å². The Hall–Kier alpha value is -4.59. The van der Waals surface area contributed by atoms with Crippen molar-refractivity contribution in [3.05, 3.63) is 113 Å². The average molecular weight is 538 g/mol. The van der Waals surface area contributed by atoms with Crippen LogP contribution in [0, 0.1) is 0 Å². The van der Waals surface area contributed by atoms with Crippen molar-refractivity contribution in [1.82, 2.24) is 25.1 Å². The Morgan fingerprint density at radius 2 is 1.68 bits per heavy atom. The first-order valence-electron chi connectivity index (χ1n) is 13.4. The summed E-state index contributed by atoms with van der Waals surface area (Å²) in [5.41, 5.74) is 3.57. The van der Waals surface area contributed by atoms with Crippen LogP contribution in [0.5, 0.6) is 5.75 Å². The molecular formula is C32H35N5O3. The zero-order chi connectivity index (χ0) is 28.1. The van der Waals surface area contributed by atoms with Gasteiger partial charge in [-0.25, -0.2) is 4.79 Å². The summed E-state index contributed by atoms with van der Waals surface area (Å²) in [6.07, 6.45) is 2.57. The number of methoxy groups -OCH3 is 1. The molecule has 2 N–H and O–H groups in total. The molecule has 5 rings (SSSR count). The van der Waals surface area contributed by atoms with Crippen LogP contribution in [0.25, 0.3) is 10.9 Å². The van der Waals surface area contributed by atoms with Crippen LogP contribution in [0.4, 0.5) is 4.79 Å². The Morgan fingerprint density at radius 3 is 2.45 bits per heavy atom. The molecule has 1 atom stereocenters. The van der Waals surface area contributed by atoms with Crippen LogP contribution in [0.1, 0.15) is 55.2 Å². The third kappa shape index (κ3) is 6.34. The third-order valence-corrected chi connectivity index (χ3v) is 6.68. The fraction of sp³-hybridized carbons (Fsp3) is 0.281. The summed E-state index contributed by atoms with van der Waals surface area (Å²) < 4.78 is 13.4. The number of carbonyl (C=O) groups is 1. The number of rotatable bonds is 9. The Kier molecular flexibility index (Phi) is 7.86. The van der Waals surface area contributed by atoms with Gasteiger partial charge in [-0.3, -0.25) is 0 Å². The summed E-state index contributed by atoms with van der Waals surface area (Å²) in [6.45, 7) is 6.03. The van der Waals surface area contributed by atoms with E-state index in [0.29, 0.717) is 25.2 Å². The molecule has 5 aromatic rings. The van der Waals surface area contributed by atoms with Crippen molar-refractivity contribution >= 4 is 17.0 Å². The highest BCUT2D eigenvalue weighted by Gasteiger charge is 2.27. The molecule has 0 fully saturated rings. The number of amides is 1. The molecular weight excluding hydrogens is 502 g/mol. The second-order valence-corrected chi connectivity index (χ2v) is 10.8. The van der Waals surface area contributed by atoms with E-state index >= 15 is 0 Å². The van der Waals surface area contributed by atoms with Crippen LogP contribution >= 0.6 is 0 Å². The van der Waals surface area contributed by atoms with Gasteiger partial charge < -0.3 is 24.3 Å². The third-order valence-electron chi connectivity index (χ3n) is 6.68. The van der Waals surface area contributed by atoms with Gasteiger partial charge in [0, 0.05) is 35.5 Å². The molecule has 2 aromatic heterocycles. The number of alkyl carbamates (subject to hydrolysis) is 1. The normalized spacial score (nSPS) is 12.3. The summed E-state index contributed by atoms with van der Waals surface area (Å²) in [7, 11) is 1.67. The number of para-hydroxylation sites is 2. The first-order chi connectivity index (χ1) is 19.3. The molecule has 0 aliphatic heterocycles. The second-order valence-electron chi connectivity index (χ2n) is 10.8. The lowest BCUT2D eigenvalue weighted by molar-refractivity contribution is 0.0500. The molecule has 0 bridgehead atoms. The summed E-state index contributed by atoms with van der Waals surface area (Å²) >= 11 is 0. The number of ether oxygens (including phenoxy) is 2. The first-order valence-corrected chi connectivity index (χ1v) is 13.4. The summed E-state index contributed by atoms with van der Waals surface area (Å²) in [5.74, 6) is 2.22. The molecule has 8 heteroatoms. The monoisotopic (exact) mass is 537 g/mol. The van der Waals surface area contributed by atoms with Crippen LogP contribution in [-0.2, 0) is 24.1 Å². The predicted molar refractivity (Wildman–Crippen MR) is 155 cm³/mol. The van der Waals surface area contributed by atoms with Gasteiger partial charge in [0.15, 0.2) is 5.82 Å². The summed E-state index contributed by atoms with van der Waals surface area (Å²) in [6, 6.07) is 25.7. The second kappa shape index (κ2) is 11.7. The minimum Gasteiger partial charge on any atom is -0.496 e. The SMILES string of the molecule is COc1ccccc1Cn1c(Cc2ccccc2)nnc1[C@@H](Cc1c[nH]c2ccccc12)NC(=O)OC(C)(C)C. The van der Waals surface area contributed by atoms with Crippen molar-refractivity contribution in [2.75, 3.05) is 7.11 Å². The standard InChI is InChI=1S/C32H35N5O3/c1-32(2,3)40-31(38)34-27(19-24-20-33-26-16-10-9-15-25(24)26)30-36-35-29(18-22-12-6-5-7-13-22)37(30)21-23-14-8-11-17-28(23)39-4/h5-17,20,27,33H,18-19,21H2,1-4H3,(H,34,38)/t27-/m1/s1. The number of nitrogens with zero attached hydrogens (tertiary/aromatic N) is 3. The van der Waals surface area contributed by atoms with Gasteiger partial charge in [0.25, 0.3) is 0 Å². The van der Waals surface area contributed by atoms with Gasteiger partial charge in [0.2, 0.25) is 0 Å². The first kappa shape index (κ1) is 27.0. The Balaban J connectivity index is 1.58. The molecule has 0 unspecified atom stereocenters. The van der Waals surface area contributed by atoms with E-state index in [1.165, 1.54) is 0 Å². The molecule has 0 saturated carbocycles. The van der Waals surface area contributed by atoms with E-state index in [1.54, 1.807) is 7.11 Å². The number of hydrogen-bond acceptors (Lipinski definition) is 5. The number of aromatic amines is 1. The van der Waals surface area contributed by atoms with E-state index in [0.717, 1.165) is 39.2 Å². The van der Waals surface area contributed by atoms with Gasteiger partial charge in [-0.1, -0.05) is 66.7 Å². The highest BCUT2D eigenvalue weighted by atomic mass is 16.6. The van der Waals surface area contributed by atoms with Crippen LogP contribution < -0.4 is 10.1 Å². The molecule has 0 aliphatic carbocycles. The molecule has 40 heavy (non-hydrogen) atoms. The van der Waals surface area contributed by atoms with Crippen molar-refractivity contribution in [3.63, 3.8) is 0 Å². The van der Waals surface area contributed by atoms with Crippen molar-refractivity contribution in [3.8, 4) is 5.75 Å². The largest absolute Gasteiger partial charge is 0.496 e. The van der Waals surface area contributed by atoms with Crippen LogP contribution in [0.15, 0.2) is 85.1 Å². The number of H-pyrrole nitrogens is 1. The number of aromatic nitrogens is 4. The summed E-state index contributed by atoms with van der Waals surface area (Å²) in [4.78, 5) is 16.4. The number of benzene rings is 3. The van der Waals surface area contributed by atoms with E-state index in [1.807, 2.05) is 87.6 Å². The molecule has 0 radical (unpaired) electrons. The fourth-order valence-electron chi connectivity index (χ4n) is 4.87. The minimum atomic E-state index is -0.640. The maximum atomic E-state index is 13.1. The lowest BCUT2D eigenvalue weighted by Crippen LogP contribution is -2.37. The van der Waals surface area contributed by atoms with Crippen LogP contribution in [0.3, 0.4) is 0 Å². The molecule has 206 valence electrons. The minimum absolute atomic E-state index is 0.481. The Labute approximate surface area is 234 Å². The van der Waals surface area contributed by atoms with E-state index in [-0.39, 0.29) is 0 Å². The molecule has 2 heterocycles. The number of hydrogen-bond donors (Lipinski definition) is 2. The van der Waals surface area contributed by atoms with Gasteiger partial charge >= 0.3 is 6.09 Å². The van der Waals surface area contributed by atoms with Crippen LogP contribution in [0.2, 0.25) is 0 Å². The highest BCUT2D eigenvalue weighted by molar-refractivity contribution is 5.83. The van der Waals surface area contributed by atoms with Crippen molar-refractivity contribution in [2.45, 2.75) is 51.8 Å². The van der Waals surface area contributed by atoms with Gasteiger partial charge in [0.05, 0.1) is 19.7 Å². The number of nitrogens with one attached hydrogen (secondary N) is 2. The maximum Gasteiger partial charge on any atom is 0.408 e. The summed E-state index contributed by atoms with van der Waals surface area (Å²) in [5, 5.41) is 13.5. The topological polar surface area (TPSA) is 94.1 Å². The maximum absolute atomic E-state index is 13.1. The smallest absolute Gasteiger partial charge is 0.408 e. The van der Waals surface area contributed by atoms with Crippen molar-refractivity contribution < 1.29 is 14.3 Å². The zero-order valence-electron chi connectivity index (χ0n) is 23.3. The highest BCUT2D eigenvalue weighted by Crippen LogP contribution is 2.27. The number of carbonyl (C=O) groups excluding carboxylic acids is 1. The van der Waals surface area contributed by atoms with E-state index in [9.17, 15) is 4.79 Å². The molecule has 8 nitrogen and oxygen atoms in total. The van der Waals surface area contributed by atoms with Gasteiger partial charge in [-0.05, 0) is 44.0 Å².